The van der Waals surface area contributed by atoms with E-state index < -0.39 is 16.8 Å². The minimum atomic E-state index is -1.93. The summed E-state index contributed by atoms with van der Waals surface area (Å²) in [4.78, 5) is 26.6. The van der Waals surface area contributed by atoms with Gasteiger partial charge in [0.1, 0.15) is 5.75 Å². The Balaban J connectivity index is 2.30. The molecule has 6 heteroatoms. The first-order valence-corrected chi connectivity index (χ1v) is 6.86. The molecule has 0 aliphatic heterocycles. The molecule has 3 N–H and O–H groups in total. The fraction of sp³-hybridized carbons (Fsp3) is 0.250. The molecule has 0 saturated carbocycles. The molecule has 78 valence electrons. The van der Waals surface area contributed by atoms with Crippen LogP contribution in [0.2, 0.25) is 0 Å². The summed E-state index contributed by atoms with van der Waals surface area (Å²) in [6, 6.07) is 8.96. The van der Waals surface area contributed by atoms with Gasteiger partial charge in [0, 0.05) is 12.3 Å². The summed E-state index contributed by atoms with van der Waals surface area (Å²) in [5.41, 5.74) is 0. The highest BCUT2D eigenvalue weighted by Crippen LogP contribution is 2.37. The van der Waals surface area contributed by atoms with Gasteiger partial charge in [0.05, 0.1) is 0 Å². The van der Waals surface area contributed by atoms with Gasteiger partial charge in [-0.05, 0) is 12.1 Å². The molecule has 1 aromatic rings. The zero-order valence-electron chi connectivity index (χ0n) is 7.45. The molecule has 0 bridgehead atoms. The van der Waals surface area contributed by atoms with Crippen LogP contribution in [0, 0.1) is 0 Å². The van der Waals surface area contributed by atoms with Gasteiger partial charge in [-0.25, -0.2) is 0 Å². The number of hydrogen-bond acceptors (Lipinski definition) is 4. The molecule has 0 aliphatic carbocycles. The molecule has 0 radical (unpaired) electrons. The number of hydrogen-bond donors (Lipinski definition) is 3. The fourth-order valence-corrected chi connectivity index (χ4v) is 2.68. The summed E-state index contributed by atoms with van der Waals surface area (Å²) in [5, 5.41) is 0. The first-order chi connectivity index (χ1) is 6.68. The van der Waals surface area contributed by atoms with E-state index in [4.69, 9.17) is 14.3 Å². The van der Waals surface area contributed by atoms with Gasteiger partial charge >= 0.3 is 0 Å². The van der Waals surface area contributed by atoms with Crippen LogP contribution in [-0.4, -0.2) is 27.0 Å². The number of benzene rings is 1. The van der Waals surface area contributed by atoms with Crippen LogP contribution in [0.25, 0.3) is 0 Å². The van der Waals surface area contributed by atoms with Crippen LogP contribution < -0.4 is 4.52 Å². The first-order valence-electron chi connectivity index (χ1n) is 4.03. The van der Waals surface area contributed by atoms with Crippen LogP contribution in [-0.2, 0) is 0 Å². The van der Waals surface area contributed by atoms with E-state index >= 15 is 0 Å². The molecule has 0 saturated heterocycles. The molecule has 0 amide bonds. The molecule has 1 rings (SSSR count). The quantitative estimate of drug-likeness (QED) is 0.677. The second kappa shape index (κ2) is 6.28. The molecule has 14 heavy (non-hydrogen) atoms. The van der Waals surface area contributed by atoms with E-state index in [2.05, 4.69) is 0 Å². The zero-order chi connectivity index (χ0) is 10.4. The molecule has 0 fully saturated rings. The van der Waals surface area contributed by atoms with Crippen LogP contribution in [0.15, 0.2) is 30.3 Å². The van der Waals surface area contributed by atoms with Crippen molar-refractivity contribution in [1.82, 2.24) is 0 Å². The maximum absolute atomic E-state index is 9.38. The van der Waals surface area contributed by atoms with Crippen LogP contribution in [0.3, 0.4) is 0 Å². The Bertz CT molecular complexity index is 255. The molecular weight excluding hydrogens is 222 g/mol. The van der Waals surface area contributed by atoms with Gasteiger partial charge < -0.3 is 19.2 Å². The standard InChI is InChI=1S/C8H12O4P2/c9-13(10)6-7-14(11)12-8-4-2-1-3-5-8/h1-5,9-11H,6-7H2. The largest absolute Gasteiger partial charge is 0.447 e. The number of para-hydroxylation sites is 1. The number of rotatable bonds is 5. The summed E-state index contributed by atoms with van der Waals surface area (Å²) >= 11 is 0. The minimum Gasteiger partial charge on any atom is -0.447 e. The molecule has 4 nitrogen and oxygen atoms in total. The molecule has 1 atom stereocenters. The van der Waals surface area contributed by atoms with Gasteiger partial charge in [-0.3, -0.25) is 0 Å². The van der Waals surface area contributed by atoms with Crippen molar-refractivity contribution in [3.8, 4) is 5.75 Å². The fourth-order valence-electron chi connectivity index (χ4n) is 0.824. The lowest BCUT2D eigenvalue weighted by Crippen LogP contribution is -1.95. The second-order valence-electron chi connectivity index (χ2n) is 2.58. The second-order valence-corrected chi connectivity index (χ2v) is 5.10. The van der Waals surface area contributed by atoms with E-state index in [9.17, 15) is 4.89 Å². The van der Waals surface area contributed by atoms with Gasteiger partial charge in [0.15, 0.2) is 8.38 Å². The van der Waals surface area contributed by atoms with E-state index in [1.54, 1.807) is 12.1 Å². The summed E-state index contributed by atoms with van der Waals surface area (Å²) in [5.74, 6) is 0.598. The van der Waals surface area contributed by atoms with Crippen molar-refractivity contribution in [1.29, 1.82) is 0 Å². The van der Waals surface area contributed by atoms with Crippen molar-refractivity contribution in [2.45, 2.75) is 0 Å². The van der Waals surface area contributed by atoms with Crippen molar-refractivity contribution in [3.63, 3.8) is 0 Å². The highest BCUT2D eigenvalue weighted by molar-refractivity contribution is 7.50. The smallest absolute Gasteiger partial charge is 0.227 e. The van der Waals surface area contributed by atoms with Crippen LogP contribution >= 0.6 is 16.8 Å². The Morgan fingerprint density at radius 1 is 1.00 bits per heavy atom. The Morgan fingerprint density at radius 2 is 1.64 bits per heavy atom. The Labute approximate surface area is 85.0 Å². The first kappa shape index (κ1) is 11.8. The average molecular weight is 234 g/mol. The zero-order valence-corrected chi connectivity index (χ0v) is 9.23. The molecule has 1 aromatic carbocycles. The van der Waals surface area contributed by atoms with Crippen molar-refractivity contribution in [2.24, 2.45) is 0 Å². The predicted molar refractivity (Wildman–Crippen MR) is 57.3 cm³/mol. The molecule has 0 spiro atoms. The van der Waals surface area contributed by atoms with Gasteiger partial charge in [-0.1, -0.05) is 18.2 Å². The predicted octanol–water partition coefficient (Wildman–Crippen LogP) is 1.67. The maximum atomic E-state index is 9.38. The third kappa shape index (κ3) is 4.85. The van der Waals surface area contributed by atoms with Crippen LogP contribution in [0.4, 0.5) is 0 Å². The lowest BCUT2D eigenvalue weighted by molar-refractivity contribution is 0.473. The maximum Gasteiger partial charge on any atom is 0.227 e. The highest BCUT2D eigenvalue weighted by atomic mass is 31.2. The van der Waals surface area contributed by atoms with Crippen LogP contribution in [0.1, 0.15) is 0 Å². The van der Waals surface area contributed by atoms with E-state index in [1.165, 1.54) is 0 Å². The van der Waals surface area contributed by atoms with Gasteiger partial charge in [0.2, 0.25) is 8.38 Å². The van der Waals surface area contributed by atoms with Gasteiger partial charge in [-0.15, -0.1) is 0 Å². The molecule has 1 unspecified atom stereocenters. The summed E-state index contributed by atoms with van der Waals surface area (Å²) in [6.07, 6.45) is 0.466. The van der Waals surface area contributed by atoms with Gasteiger partial charge in [0.25, 0.3) is 0 Å². The van der Waals surface area contributed by atoms with E-state index in [1.807, 2.05) is 18.2 Å². The lowest BCUT2D eigenvalue weighted by atomic mass is 10.3. The SMILES string of the molecule is OP(O)CCP(O)Oc1ccccc1. The Kier molecular flexibility index (Phi) is 5.31. The monoisotopic (exact) mass is 234 g/mol. The van der Waals surface area contributed by atoms with Crippen LogP contribution in [0.5, 0.6) is 5.75 Å². The third-order valence-electron chi connectivity index (χ3n) is 1.45. The van der Waals surface area contributed by atoms with E-state index in [0.29, 0.717) is 5.75 Å². The normalized spacial score (nSPS) is 12.9. The van der Waals surface area contributed by atoms with Crippen molar-refractivity contribution < 1.29 is 19.2 Å². The summed E-state index contributed by atoms with van der Waals surface area (Å²) in [6.45, 7) is 0. The van der Waals surface area contributed by atoms with E-state index in [0.717, 1.165) is 0 Å². The Hall–Kier alpha value is -0.240. The molecule has 0 aromatic heterocycles. The third-order valence-corrected chi connectivity index (χ3v) is 3.45. The van der Waals surface area contributed by atoms with Crippen molar-refractivity contribution >= 4 is 16.8 Å². The van der Waals surface area contributed by atoms with Crippen molar-refractivity contribution in [2.75, 3.05) is 12.3 Å². The summed E-state index contributed by atoms with van der Waals surface area (Å²) in [7, 11) is -3.52. The molecule has 0 aliphatic rings. The summed E-state index contributed by atoms with van der Waals surface area (Å²) < 4.78 is 5.17. The average Bonchev–Trinajstić information content (AvgIpc) is 2.16. The molecule has 0 heterocycles. The lowest BCUT2D eigenvalue weighted by Gasteiger charge is -2.11. The van der Waals surface area contributed by atoms with Gasteiger partial charge in [-0.2, -0.15) is 0 Å². The van der Waals surface area contributed by atoms with E-state index in [-0.39, 0.29) is 12.3 Å². The Morgan fingerprint density at radius 3 is 2.21 bits per heavy atom. The highest BCUT2D eigenvalue weighted by Gasteiger charge is 2.09. The molecular formula is C8H12O4P2. The minimum absolute atomic E-state index is 0.185. The topological polar surface area (TPSA) is 69.9 Å². The van der Waals surface area contributed by atoms with Crippen molar-refractivity contribution in [3.05, 3.63) is 30.3 Å².